The maximum Gasteiger partial charge on any atom is 0.140 e. The number of aryl methyl sites for hydroxylation is 1. The second-order valence-electron chi connectivity index (χ2n) is 4.20. The van der Waals surface area contributed by atoms with Gasteiger partial charge in [-0.3, -0.25) is 0 Å². The molecule has 0 atom stereocenters. The Bertz CT molecular complexity index is 686. The Morgan fingerprint density at radius 2 is 2.33 bits per heavy atom. The third-order valence-corrected chi connectivity index (χ3v) is 3.81. The molecule has 0 unspecified atom stereocenters. The van der Waals surface area contributed by atoms with Crippen LogP contribution in [-0.2, 0) is 13.2 Å². The molecule has 92 valence electrons. The van der Waals surface area contributed by atoms with Crippen molar-refractivity contribution in [1.29, 1.82) is 0 Å². The standard InChI is InChI=1S/C13H13N3OS/c1-9-8-18-12(15-9)6-16-5-10(7-17)11-3-2-4-14-13(11)16/h2-5,8,17H,6-7H2,1H3. The lowest BCUT2D eigenvalue weighted by molar-refractivity contribution is 0.283. The van der Waals surface area contributed by atoms with Crippen molar-refractivity contribution in [3.63, 3.8) is 0 Å². The summed E-state index contributed by atoms with van der Waals surface area (Å²) in [5.74, 6) is 0. The van der Waals surface area contributed by atoms with E-state index in [4.69, 9.17) is 0 Å². The molecular formula is C13H13N3OS. The number of aliphatic hydroxyl groups excluding tert-OH is 1. The molecule has 0 saturated heterocycles. The highest BCUT2D eigenvalue weighted by Gasteiger charge is 2.09. The lowest BCUT2D eigenvalue weighted by Crippen LogP contribution is -1.98. The molecule has 3 aromatic heterocycles. The van der Waals surface area contributed by atoms with Gasteiger partial charge in [0.05, 0.1) is 13.2 Å². The normalized spacial score (nSPS) is 11.2. The Hall–Kier alpha value is -1.72. The average Bonchev–Trinajstić information content (AvgIpc) is 2.95. The molecule has 3 aromatic rings. The van der Waals surface area contributed by atoms with Gasteiger partial charge >= 0.3 is 0 Å². The third kappa shape index (κ3) is 1.91. The molecule has 0 saturated carbocycles. The van der Waals surface area contributed by atoms with Gasteiger partial charge in [-0.25, -0.2) is 9.97 Å². The molecule has 4 nitrogen and oxygen atoms in total. The number of rotatable bonds is 3. The second-order valence-corrected chi connectivity index (χ2v) is 5.14. The fraction of sp³-hybridized carbons (Fsp3) is 0.231. The molecule has 0 bridgehead atoms. The number of hydrogen-bond acceptors (Lipinski definition) is 4. The van der Waals surface area contributed by atoms with Crippen LogP contribution in [0.2, 0.25) is 0 Å². The molecule has 3 rings (SSSR count). The molecule has 0 aliphatic carbocycles. The number of aromatic nitrogens is 3. The van der Waals surface area contributed by atoms with Gasteiger partial charge in [0.25, 0.3) is 0 Å². The van der Waals surface area contributed by atoms with Gasteiger partial charge in [0.2, 0.25) is 0 Å². The topological polar surface area (TPSA) is 50.9 Å². The minimum Gasteiger partial charge on any atom is -0.392 e. The summed E-state index contributed by atoms with van der Waals surface area (Å²) in [5.41, 5.74) is 2.85. The second kappa shape index (κ2) is 4.51. The molecule has 5 heteroatoms. The van der Waals surface area contributed by atoms with Gasteiger partial charge in [0.1, 0.15) is 10.7 Å². The van der Waals surface area contributed by atoms with Gasteiger partial charge in [-0.1, -0.05) is 0 Å². The first-order valence-corrected chi connectivity index (χ1v) is 6.60. The highest BCUT2D eigenvalue weighted by atomic mass is 32.1. The van der Waals surface area contributed by atoms with E-state index in [0.717, 1.165) is 27.3 Å². The van der Waals surface area contributed by atoms with E-state index in [-0.39, 0.29) is 6.61 Å². The van der Waals surface area contributed by atoms with E-state index in [1.807, 2.05) is 35.2 Å². The van der Waals surface area contributed by atoms with E-state index in [2.05, 4.69) is 9.97 Å². The Labute approximate surface area is 109 Å². The fourth-order valence-electron chi connectivity index (χ4n) is 2.06. The van der Waals surface area contributed by atoms with Crippen molar-refractivity contribution < 1.29 is 5.11 Å². The zero-order valence-corrected chi connectivity index (χ0v) is 10.8. The van der Waals surface area contributed by atoms with Crippen molar-refractivity contribution in [2.24, 2.45) is 0 Å². The predicted octanol–water partition coefficient (Wildman–Crippen LogP) is 2.34. The van der Waals surface area contributed by atoms with Crippen LogP contribution in [0.5, 0.6) is 0 Å². The van der Waals surface area contributed by atoms with Crippen molar-refractivity contribution in [2.75, 3.05) is 0 Å². The molecule has 0 fully saturated rings. The highest BCUT2D eigenvalue weighted by Crippen LogP contribution is 2.21. The van der Waals surface area contributed by atoms with Crippen molar-refractivity contribution >= 4 is 22.4 Å². The van der Waals surface area contributed by atoms with E-state index in [9.17, 15) is 5.11 Å². The first-order chi connectivity index (χ1) is 8.78. The number of nitrogens with zero attached hydrogens (tertiary/aromatic N) is 3. The number of aliphatic hydroxyl groups is 1. The van der Waals surface area contributed by atoms with Gasteiger partial charge < -0.3 is 9.67 Å². The monoisotopic (exact) mass is 259 g/mol. The van der Waals surface area contributed by atoms with Crippen molar-refractivity contribution in [2.45, 2.75) is 20.1 Å². The van der Waals surface area contributed by atoms with E-state index >= 15 is 0 Å². The third-order valence-electron chi connectivity index (χ3n) is 2.86. The number of thiazole rings is 1. The van der Waals surface area contributed by atoms with E-state index < -0.39 is 0 Å². The molecule has 0 spiro atoms. The van der Waals surface area contributed by atoms with E-state index in [1.54, 1.807) is 17.5 Å². The SMILES string of the molecule is Cc1csc(Cn2cc(CO)c3cccnc32)n1. The molecule has 3 heterocycles. The molecule has 0 amide bonds. The van der Waals surface area contributed by atoms with Crippen LogP contribution in [0, 0.1) is 6.92 Å². The first kappa shape index (κ1) is 11.4. The van der Waals surface area contributed by atoms with Crippen LogP contribution >= 0.6 is 11.3 Å². The van der Waals surface area contributed by atoms with Gasteiger partial charge in [-0.15, -0.1) is 11.3 Å². The van der Waals surface area contributed by atoms with Gasteiger partial charge in [-0.2, -0.15) is 0 Å². The summed E-state index contributed by atoms with van der Waals surface area (Å²) < 4.78 is 2.04. The maximum absolute atomic E-state index is 9.37. The Balaban J connectivity index is 2.06. The quantitative estimate of drug-likeness (QED) is 0.785. The number of pyridine rings is 1. The van der Waals surface area contributed by atoms with Gasteiger partial charge in [0, 0.05) is 34.4 Å². The molecule has 0 aliphatic rings. The summed E-state index contributed by atoms with van der Waals surface area (Å²) in [4.78, 5) is 8.84. The maximum atomic E-state index is 9.37. The predicted molar refractivity (Wildman–Crippen MR) is 71.6 cm³/mol. The summed E-state index contributed by atoms with van der Waals surface area (Å²) in [5, 5.41) is 13.5. The Kier molecular flexibility index (Phi) is 2.85. The molecule has 0 radical (unpaired) electrons. The molecule has 0 aliphatic heterocycles. The van der Waals surface area contributed by atoms with Crippen LogP contribution in [0.25, 0.3) is 11.0 Å². The molecule has 0 aromatic carbocycles. The smallest absolute Gasteiger partial charge is 0.140 e. The largest absolute Gasteiger partial charge is 0.392 e. The highest BCUT2D eigenvalue weighted by molar-refractivity contribution is 7.09. The van der Waals surface area contributed by atoms with E-state index in [1.165, 1.54) is 0 Å². The Morgan fingerprint density at radius 1 is 1.44 bits per heavy atom. The minimum absolute atomic E-state index is 0.0338. The summed E-state index contributed by atoms with van der Waals surface area (Å²) in [6.45, 7) is 2.73. The Morgan fingerprint density at radius 3 is 3.06 bits per heavy atom. The zero-order chi connectivity index (χ0) is 12.5. The van der Waals surface area contributed by atoms with Crippen LogP contribution in [-0.4, -0.2) is 19.6 Å². The van der Waals surface area contributed by atoms with E-state index in [0.29, 0.717) is 6.54 Å². The minimum atomic E-state index is 0.0338. The number of fused-ring (bicyclic) bond motifs is 1. The van der Waals surface area contributed by atoms with Crippen LogP contribution in [0.15, 0.2) is 29.9 Å². The van der Waals surface area contributed by atoms with Crippen LogP contribution in [0.4, 0.5) is 0 Å². The van der Waals surface area contributed by atoms with Crippen LogP contribution < -0.4 is 0 Å². The molecule has 1 N–H and O–H groups in total. The summed E-state index contributed by atoms with van der Waals surface area (Å²) >= 11 is 1.65. The average molecular weight is 259 g/mol. The van der Waals surface area contributed by atoms with Crippen LogP contribution in [0.3, 0.4) is 0 Å². The summed E-state index contributed by atoms with van der Waals surface area (Å²) in [6.07, 6.45) is 3.72. The number of hydrogen-bond donors (Lipinski definition) is 1. The fourth-order valence-corrected chi connectivity index (χ4v) is 2.83. The zero-order valence-electron chi connectivity index (χ0n) is 10.00. The molecule has 18 heavy (non-hydrogen) atoms. The van der Waals surface area contributed by atoms with Crippen molar-refractivity contribution in [1.82, 2.24) is 14.5 Å². The first-order valence-electron chi connectivity index (χ1n) is 5.72. The van der Waals surface area contributed by atoms with Gasteiger partial charge in [0.15, 0.2) is 0 Å². The summed E-state index contributed by atoms with van der Waals surface area (Å²) in [7, 11) is 0. The summed E-state index contributed by atoms with van der Waals surface area (Å²) in [6, 6.07) is 3.87. The molecular weight excluding hydrogens is 246 g/mol. The van der Waals surface area contributed by atoms with Crippen molar-refractivity contribution in [3.05, 3.63) is 46.2 Å². The van der Waals surface area contributed by atoms with Crippen LogP contribution in [0.1, 0.15) is 16.3 Å². The lowest BCUT2D eigenvalue weighted by Gasteiger charge is -2.00. The lowest BCUT2D eigenvalue weighted by atomic mass is 10.2. The van der Waals surface area contributed by atoms with Crippen molar-refractivity contribution in [3.8, 4) is 0 Å². The van der Waals surface area contributed by atoms with Gasteiger partial charge in [-0.05, 0) is 19.1 Å².